The number of pyridine rings is 1. The van der Waals surface area contributed by atoms with E-state index < -0.39 is 30.1 Å². The van der Waals surface area contributed by atoms with Crippen LogP contribution in [0.1, 0.15) is 59.8 Å². The molecule has 0 spiro atoms. The summed E-state index contributed by atoms with van der Waals surface area (Å²) in [6.45, 7) is 1.01. The highest BCUT2D eigenvalue weighted by molar-refractivity contribution is 6.01. The van der Waals surface area contributed by atoms with Crippen LogP contribution in [0.4, 0.5) is 27.9 Å². The van der Waals surface area contributed by atoms with Gasteiger partial charge in [0, 0.05) is 36.8 Å². The Balaban J connectivity index is 1.43. The molecule has 12 heteroatoms. The predicted molar refractivity (Wildman–Crippen MR) is 122 cm³/mol. The molecule has 0 aliphatic heterocycles. The minimum atomic E-state index is -4.43. The van der Waals surface area contributed by atoms with Crippen LogP contribution < -0.4 is 10.6 Å². The zero-order chi connectivity index (χ0) is 25.7. The maximum Gasteiger partial charge on any atom is 0.408 e. The highest BCUT2D eigenvalue weighted by Crippen LogP contribution is 2.37. The molecule has 3 heterocycles. The Morgan fingerprint density at radius 1 is 1.25 bits per heavy atom. The molecule has 190 valence electrons. The fraction of sp³-hybridized carbons (Fsp3) is 0.417. The van der Waals surface area contributed by atoms with E-state index in [1.807, 2.05) is 12.1 Å². The van der Waals surface area contributed by atoms with E-state index in [0.717, 1.165) is 30.9 Å². The molecule has 1 fully saturated rings. The topological polar surface area (TPSA) is 84.2 Å². The van der Waals surface area contributed by atoms with Crippen molar-refractivity contribution in [2.45, 2.75) is 63.2 Å². The zero-order valence-corrected chi connectivity index (χ0v) is 19.2. The minimum Gasteiger partial charge on any atom is -0.349 e. The molecule has 36 heavy (non-hydrogen) atoms. The molecule has 3 aromatic heterocycles. The maximum absolute atomic E-state index is 13.1. The van der Waals surface area contributed by atoms with Crippen LogP contribution in [0.3, 0.4) is 0 Å². The lowest BCUT2D eigenvalue weighted by Crippen LogP contribution is -2.50. The van der Waals surface area contributed by atoms with Crippen LogP contribution in [0, 0.1) is 0 Å². The number of hydrogen-bond acceptors (Lipinski definition) is 5. The Hall–Kier alpha value is -3.57. The largest absolute Gasteiger partial charge is 0.408 e. The average Bonchev–Trinajstić information content (AvgIpc) is 3.10. The smallest absolute Gasteiger partial charge is 0.349 e. The lowest BCUT2D eigenvalue weighted by Gasteiger charge is -2.35. The summed E-state index contributed by atoms with van der Waals surface area (Å²) in [5.41, 5.74) is 3.64. The predicted octanol–water partition coefficient (Wildman–Crippen LogP) is 4.78. The molecule has 0 saturated heterocycles. The number of aryl methyl sites for hydroxylation is 1. The standard InChI is InChI=1S/C24H23F5N6O/c1-13(24(27,28)29)32-22-30-11-17-16(4-2-3-5-19(17)34-22)14-6-7-35-20(8-14)18(12-31-35)21(36)33-15-9-23(25,26)10-15/h4,6-8,11-13,15H,2-3,5,9-10H2,1H3,(H,33,36)(H,30,32,34)/t13-/m0/s1. The number of anilines is 1. The van der Waals surface area contributed by atoms with Crippen molar-refractivity contribution in [3.8, 4) is 0 Å². The Bertz CT molecular complexity index is 1340. The van der Waals surface area contributed by atoms with E-state index >= 15 is 0 Å². The molecule has 2 N–H and O–H groups in total. The van der Waals surface area contributed by atoms with Crippen LogP contribution in [-0.4, -0.2) is 49.7 Å². The summed E-state index contributed by atoms with van der Waals surface area (Å²) in [5, 5.41) is 9.13. The minimum absolute atomic E-state index is 0.0911. The number of nitrogens with zero attached hydrogens (tertiary/aromatic N) is 4. The summed E-state index contributed by atoms with van der Waals surface area (Å²) < 4.78 is 66.7. The first-order chi connectivity index (χ1) is 17.0. The molecule has 1 atom stereocenters. The zero-order valence-electron chi connectivity index (χ0n) is 19.2. The van der Waals surface area contributed by atoms with Gasteiger partial charge < -0.3 is 10.6 Å². The highest BCUT2D eigenvalue weighted by atomic mass is 19.4. The van der Waals surface area contributed by atoms with Gasteiger partial charge in [0.25, 0.3) is 11.8 Å². The molecule has 0 aromatic carbocycles. The summed E-state index contributed by atoms with van der Waals surface area (Å²) >= 11 is 0. The number of aromatic nitrogens is 4. The first-order valence-corrected chi connectivity index (χ1v) is 11.6. The molecular weight excluding hydrogens is 483 g/mol. The number of nitrogens with one attached hydrogen (secondary N) is 2. The number of amides is 1. The molecule has 0 radical (unpaired) electrons. The monoisotopic (exact) mass is 506 g/mol. The number of hydrogen-bond donors (Lipinski definition) is 2. The van der Waals surface area contributed by atoms with E-state index in [4.69, 9.17) is 0 Å². The normalized spacial score (nSPS) is 18.6. The SMILES string of the molecule is C[C@H](Nc1ncc2c(n1)CCCC=C2c1ccn2ncc(C(=O)NC3CC(F)(F)C3)c2c1)C(F)(F)F. The van der Waals surface area contributed by atoms with Gasteiger partial charge in [0.05, 0.1) is 23.0 Å². The van der Waals surface area contributed by atoms with Crippen LogP contribution in [0.25, 0.3) is 11.1 Å². The Morgan fingerprint density at radius 3 is 2.75 bits per heavy atom. The van der Waals surface area contributed by atoms with Crippen molar-refractivity contribution in [1.82, 2.24) is 24.9 Å². The molecule has 0 bridgehead atoms. The lowest BCUT2D eigenvalue weighted by molar-refractivity contribution is -0.138. The van der Waals surface area contributed by atoms with Gasteiger partial charge >= 0.3 is 6.18 Å². The van der Waals surface area contributed by atoms with E-state index in [2.05, 4.69) is 25.7 Å². The number of halogens is 5. The lowest BCUT2D eigenvalue weighted by atomic mass is 9.88. The van der Waals surface area contributed by atoms with Gasteiger partial charge in [0.15, 0.2) is 0 Å². The number of rotatable bonds is 5. The number of carbonyl (C=O) groups is 1. The quantitative estimate of drug-likeness (QED) is 0.487. The number of allylic oxidation sites excluding steroid dienone is 1. The Morgan fingerprint density at radius 2 is 2.03 bits per heavy atom. The summed E-state index contributed by atoms with van der Waals surface area (Å²) in [4.78, 5) is 21.2. The third-order valence-corrected chi connectivity index (χ3v) is 6.46. The van der Waals surface area contributed by atoms with Gasteiger partial charge in [-0.3, -0.25) is 4.79 Å². The van der Waals surface area contributed by atoms with Gasteiger partial charge in [0.1, 0.15) is 6.04 Å². The molecule has 7 nitrogen and oxygen atoms in total. The highest BCUT2D eigenvalue weighted by Gasteiger charge is 2.46. The van der Waals surface area contributed by atoms with Gasteiger partial charge in [-0.2, -0.15) is 18.3 Å². The van der Waals surface area contributed by atoms with Gasteiger partial charge in [-0.1, -0.05) is 6.08 Å². The fourth-order valence-electron chi connectivity index (χ4n) is 4.43. The van der Waals surface area contributed by atoms with Gasteiger partial charge in [-0.15, -0.1) is 0 Å². The van der Waals surface area contributed by atoms with Crippen molar-refractivity contribution < 1.29 is 26.7 Å². The number of carbonyl (C=O) groups excluding carboxylic acids is 1. The first-order valence-electron chi connectivity index (χ1n) is 11.6. The van der Waals surface area contributed by atoms with Crippen molar-refractivity contribution >= 4 is 22.9 Å². The van der Waals surface area contributed by atoms with Crippen LogP contribution in [0.5, 0.6) is 0 Å². The Kier molecular flexibility index (Phi) is 5.92. The summed E-state index contributed by atoms with van der Waals surface area (Å²) in [7, 11) is 0. The summed E-state index contributed by atoms with van der Waals surface area (Å²) in [6, 6.07) is 1.21. The van der Waals surface area contributed by atoms with Crippen LogP contribution in [0.2, 0.25) is 0 Å². The molecule has 2 aliphatic rings. The molecule has 1 saturated carbocycles. The van der Waals surface area contributed by atoms with Gasteiger partial charge in [0.2, 0.25) is 5.95 Å². The van der Waals surface area contributed by atoms with E-state index in [0.29, 0.717) is 23.2 Å². The van der Waals surface area contributed by atoms with Crippen molar-refractivity contribution in [1.29, 1.82) is 0 Å². The van der Waals surface area contributed by atoms with Crippen molar-refractivity contribution in [3.63, 3.8) is 0 Å². The molecular formula is C24H23F5N6O. The summed E-state index contributed by atoms with van der Waals surface area (Å²) in [5.74, 6) is -3.31. The van der Waals surface area contributed by atoms with Crippen molar-refractivity contribution in [2.24, 2.45) is 0 Å². The molecule has 0 unspecified atom stereocenters. The van der Waals surface area contributed by atoms with Crippen LogP contribution >= 0.6 is 0 Å². The van der Waals surface area contributed by atoms with Crippen LogP contribution in [-0.2, 0) is 6.42 Å². The first kappa shape index (κ1) is 24.1. The van der Waals surface area contributed by atoms with E-state index in [9.17, 15) is 26.7 Å². The van der Waals surface area contributed by atoms with E-state index in [-0.39, 0.29) is 24.4 Å². The molecule has 2 aliphatic carbocycles. The molecule has 1 amide bonds. The fourth-order valence-corrected chi connectivity index (χ4v) is 4.43. The second-order valence-electron chi connectivity index (χ2n) is 9.21. The third-order valence-electron chi connectivity index (χ3n) is 6.46. The van der Waals surface area contributed by atoms with E-state index in [1.165, 1.54) is 16.9 Å². The van der Waals surface area contributed by atoms with Gasteiger partial charge in [-0.05, 0) is 49.5 Å². The van der Waals surface area contributed by atoms with E-state index in [1.54, 1.807) is 12.3 Å². The Labute approximate surface area is 202 Å². The van der Waals surface area contributed by atoms with Crippen molar-refractivity contribution in [3.05, 3.63) is 59.2 Å². The van der Waals surface area contributed by atoms with Crippen LogP contribution in [0.15, 0.2) is 36.8 Å². The second-order valence-corrected chi connectivity index (χ2v) is 9.21. The average molecular weight is 506 g/mol. The van der Waals surface area contributed by atoms with Gasteiger partial charge in [-0.25, -0.2) is 23.3 Å². The number of fused-ring (bicyclic) bond motifs is 2. The maximum atomic E-state index is 13.1. The second kappa shape index (κ2) is 8.82. The van der Waals surface area contributed by atoms with Crippen molar-refractivity contribution in [2.75, 3.05) is 5.32 Å². The third kappa shape index (κ3) is 4.76. The summed E-state index contributed by atoms with van der Waals surface area (Å²) in [6.07, 6.45) is 3.46. The number of alkyl halides is 5. The molecule has 5 rings (SSSR count). The molecule has 3 aromatic rings.